The summed E-state index contributed by atoms with van der Waals surface area (Å²) in [6.45, 7) is 4.09. The molecule has 4 aromatic rings. The number of carbonyl (C=O) groups excluding carboxylic acids is 1. The first-order valence-electron chi connectivity index (χ1n) is 10.3. The zero-order valence-electron chi connectivity index (χ0n) is 17.2. The number of benzene rings is 3. The van der Waals surface area contributed by atoms with Crippen molar-refractivity contribution in [3.05, 3.63) is 83.2 Å². The summed E-state index contributed by atoms with van der Waals surface area (Å²) in [6.07, 6.45) is 2.20. The van der Waals surface area contributed by atoms with E-state index in [-0.39, 0.29) is 12.5 Å². The van der Waals surface area contributed by atoms with Gasteiger partial charge in [-0.15, -0.1) is 0 Å². The minimum absolute atomic E-state index is 0.0861. The largest absolute Gasteiger partial charge is 0.376 e. The number of anilines is 2. The van der Waals surface area contributed by atoms with Crippen molar-refractivity contribution in [1.82, 2.24) is 9.78 Å². The van der Waals surface area contributed by atoms with Crippen LogP contribution in [0.4, 0.5) is 11.4 Å². The minimum Gasteiger partial charge on any atom is -0.376 e. The molecule has 2 N–H and O–H groups in total. The van der Waals surface area contributed by atoms with Crippen molar-refractivity contribution in [2.24, 2.45) is 0 Å². The van der Waals surface area contributed by atoms with Crippen LogP contribution in [0, 0.1) is 13.8 Å². The van der Waals surface area contributed by atoms with Crippen LogP contribution in [0.2, 0.25) is 0 Å². The predicted molar refractivity (Wildman–Crippen MR) is 122 cm³/mol. The fourth-order valence-corrected chi connectivity index (χ4v) is 4.40. The molecule has 0 unspecified atom stereocenters. The van der Waals surface area contributed by atoms with Crippen LogP contribution in [0.5, 0.6) is 0 Å². The lowest BCUT2D eigenvalue weighted by Gasteiger charge is -2.12. The van der Waals surface area contributed by atoms with Crippen molar-refractivity contribution in [2.45, 2.75) is 26.7 Å². The van der Waals surface area contributed by atoms with Crippen molar-refractivity contribution in [3.63, 3.8) is 0 Å². The Morgan fingerprint density at radius 1 is 0.967 bits per heavy atom. The molecule has 0 saturated carbocycles. The van der Waals surface area contributed by atoms with Crippen LogP contribution in [0.1, 0.15) is 22.5 Å². The van der Waals surface area contributed by atoms with Gasteiger partial charge in [0.2, 0.25) is 5.91 Å². The number of aromatic nitrogens is 2. The van der Waals surface area contributed by atoms with E-state index in [4.69, 9.17) is 0 Å². The Hall–Kier alpha value is -3.60. The monoisotopic (exact) mass is 396 g/mol. The fraction of sp³-hybridized carbons (Fsp3) is 0.200. The molecule has 0 atom stereocenters. The lowest BCUT2D eigenvalue weighted by Crippen LogP contribution is -2.22. The molecular weight excluding hydrogens is 372 g/mol. The Labute approximate surface area is 175 Å². The molecule has 1 aromatic heterocycles. The number of rotatable bonds is 5. The Bertz CT molecular complexity index is 1250. The fourth-order valence-electron chi connectivity index (χ4n) is 4.40. The Kier molecular flexibility index (Phi) is 4.51. The average molecular weight is 396 g/mol. The number of hydrogen-bond acceptors (Lipinski definition) is 3. The maximum absolute atomic E-state index is 12.7. The van der Waals surface area contributed by atoms with Gasteiger partial charge in [0.25, 0.3) is 0 Å². The summed E-state index contributed by atoms with van der Waals surface area (Å²) < 4.78 is 1.86. The maximum atomic E-state index is 12.7. The van der Waals surface area contributed by atoms with Gasteiger partial charge in [0.05, 0.1) is 29.3 Å². The summed E-state index contributed by atoms with van der Waals surface area (Å²) in [5, 5.41) is 13.5. The van der Waals surface area contributed by atoms with E-state index in [0.29, 0.717) is 0 Å². The van der Waals surface area contributed by atoms with Crippen molar-refractivity contribution in [2.75, 3.05) is 17.2 Å². The summed E-state index contributed by atoms with van der Waals surface area (Å²) in [7, 11) is 0. The third-order valence-corrected chi connectivity index (χ3v) is 5.87. The third-order valence-electron chi connectivity index (χ3n) is 5.87. The molecule has 0 fully saturated rings. The number of carbonyl (C=O) groups is 1. The molecule has 1 heterocycles. The Morgan fingerprint density at radius 3 is 2.53 bits per heavy atom. The normalized spacial score (nSPS) is 12.3. The zero-order chi connectivity index (χ0) is 20.7. The van der Waals surface area contributed by atoms with E-state index < -0.39 is 0 Å². The number of aryl methyl sites for hydroxylation is 3. The highest BCUT2D eigenvalue weighted by Crippen LogP contribution is 2.35. The van der Waals surface area contributed by atoms with E-state index in [1.807, 2.05) is 48.9 Å². The second kappa shape index (κ2) is 7.34. The quantitative estimate of drug-likeness (QED) is 0.510. The molecule has 3 aromatic carbocycles. The topological polar surface area (TPSA) is 59.0 Å². The molecule has 5 nitrogen and oxygen atoms in total. The van der Waals surface area contributed by atoms with E-state index in [1.165, 1.54) is 21.9 Å². The second-order valence-corrected chi connectivity index (χ2v) is 7.81. The summed E-state index contributed by atoms with van der Waals surface area (Å²) >= 11 is 0. The second-order valence-electron chi connectivity index (χ2n) is 7.81. The van der Waals surface area contributed by atoms with Gasteiger partial charge in [-0.3, -0.25) is 4.79 Å². The third kappa shape index (κ3) is 3.12. The maximum Gasteiger partial charge on any atom is 0.243 e. The molecule has 1 aliphatic carbocycles. The first-order chi connectivity index (χ1) is 14.6. The Balaban J connectivity index is 1.34. The van der Waals surface area contributed by atoms with Crippen molar-refractivity contribution in [1.29, 1.82) is 0 Å². The van der Waals surface area contributed by atoms with Gasteiger partial charge in [-0.2, -0.15) is 5.10 Å². The van der Waals surface area contributed by atoms with Gasteiger partial charge >= 0.3 is 0 Å². The average Bonchev–Trinajstić information content (AvgIpc) is 3.31. The van der Waals surface area contributed by atoms with Gasteiger partial charge in [-0.25, -0.2) is 4.68 Å². The highest BCUT2D eigenvalue weighted by molar-refractivity contribution is 6.01. The van der Waals surface area contributed by atoms with Crippen LogP contribution >= 0.6 is 0 Å². The number of nitrogens with zero attached hydrogens (tertiary/aromatic N) is 2. The number of para-hydroxylation sites is 1. The number of hydrogen-bond donors (Lipinski definition) is 2. The van der Waals surface area contributed by atoms with Gasteiger partial charge in [0, 0.05) is 11.1 Å². The Morgan fingerprint density at radius 2 is 1.73 bits per heavy atom. The SMILES string of the molecule is Cc1nn(-c2ccccc2)c(C)c1NC(=O)CNc1ccc2c3c(cccc13)CC2. The molecule has 5 heteroatoms. The van der Waals surface area contributed by atoms with Crippen LogP contribution in [0.15, 0.2) is 60.7 Å². The number of nitrogens with one attached hydrogen (secondary N) is 2. The van der Waals surface area contributed by atoms with Crippen LogP contribution < -0.4 is 10.6 Å². The number of amides is 1. The molecule has 0 spiro atoms. The first-order valence-corrected chi connectivity index (χ1v) is 10.3. The van der Waals surface area contributed by atoms with E-state index in [9.17, 15) is 4.79 Å². The summed E-state index contributed by atoms with van der Waals surface area (Å²) in [5.41, 5.74) is 7.26. The van der Waals surface area contributed by atoms with Crippen molar-refractivity contribution in [3.8, 4) is 5.69 Å². The molecule has 0 bridgehead atoms. The van der Waals surface area contributed by atoms with Gasteiger partial charge in [0.1, 0.15) is 0 Å². The highest BCUT2D eigenvalue weighted by Gasteiger charge is 2.17. The first kappa shape index (κ1) is 18.4. The van der Waals surface area contributed by atoms with Gasteiger partial charge in [-0.1, -0.05) is 42.5 Å². The smallest absolute Gasteiger partial charge is 0.243 e. The standard InChI is InChI=1S/C25H24N4O/c1-16-25(17(2)29(28-16)20-8-4-3-5-9-20)27-23(30)15-26-22-14-13-19-12-11-18-7-6-10-21(22)24(18)19/h3-10,13-14,26H,11-12,15H2,1-2H3,(H,27,30). The van der Waals surface area contributed by atoms with E-state index in [2.05, 4.69) is 46.1 Å². The minimum atomic E-state index is -0.0861. The molecular formula is C25H24N4O. The lowest BCUT2D eigenvalue weighted by atomic mass is 10.0. The van der Waals surface area contributed by atoms with E-state index in [1.54, 1.807) is 0 Å². The summed E-state index contributed by atoms with van der Waals surface area (Å²) in [6, 6.07) is 20.6. The van der Waals surface area contributed by atoms with Crippen LogP contribution in [-0.2, 0) is 17.6 Å². The molecule has 0 radical (unpaired) electrons. The lowest BCUT2D eigenvalue weighted by molar-refractivity contribution is -0.114. The van der Waals surface area contributed by atoms with Gasteiger partial charge < -0.3 is 10.6 Å². The van der Waals surface area contributed by atoms with Crippen LogP contribution in [-0.4, -0.2) is 22.2 Å². The van der Waals surface area contributed by atoms with Crippen LogP contribution in [0.25, 0.3) is 16.5 Å². The van der Waals surface area contributed by atoms with Crippen LogP contribution in [0.3, 0.4) is 0 Å². The highest BCUT2D eigenvalue weighted by atomic mass is 16.1. The van der Waals surface area contributed by atoms with E-state index >= 15 is 0 Å². The molecule has 1 amide bonds. The molecule has 1 aliphatic rings. The predicted octanol–water partition coefficient (Wildman–Crippen LogP) is 4.79. The van der Waals surface area contributed by atoms with Crippen molar-refractivity contribution >= 4 is 28.1 Å². The molecule has 0 aliphatic heterocycles. The zero-order valence-corrected chi connectivity index (χ0v) is 17.2. The molecule has 150 valence electrons. The summed E-state index contributed by atoms with van der Waals surface area (Å²) in [4.78, 5) is 12.7. The van der Waals surface area contributed by atoms with Gasteiger partial charge in [-0.05, 0) is 61.4 Å². The molecule has 30 heavy (non-hydrogen) atoms. The summed E-state index contributed by atoms with van der Waals surface area (Å²) in [5.74, 6) is -0.0861. The van der Waals surface area contributed by atoms with Crippen molar-refractivity contribution < 1.29 is 4.79 Å². The van der Waals surface area contributed by atoms with E-state index in [0.717, 1.165) is 41.3 Å². The van der Waals surface area contributed by atoms with Gasteiger partial charge in [0.15, 0.2) is 0 Å². The molecule has 5 rings (SSSR count). The molecule has 0 saturated heterocycles.